The van der Waals surface area contributed by atoms with Crippen LogP contribution in [-0.2, 0) is 15.1 Å². The maximum atomic E-state index is 12.2. The molecule has 0 N–H and O–H groups in total. The zero-order valence-corrected chi connectivity index (χ0v) is 12.1. The topological polar surface area (TPSA) is 26.3 Å². The first kappa shape index (κ1) is 14.7. The van der Waals surface area contributed by atoms with Crippen molar-refractivity contribution >= 4 is 5.97 Å². The van der Waals surface area contributed by atoms with Gasteiger partial charge < -0.3 is 4.74 Å². The number of ether oxygens (including phenoxy) is 1. The molecular formula is C16H24O2. The van der Waals surface area contributed by atoms with E-state index in [9.17, 15) is 4.79 Å². The number of carbonyl (C=O) groups excluding carboxylic acids is 1. The number of benzene rings is 1. The Morgan fingerprint density at radius 3 is 2.06 bits per heavy atom. The van der Waals surface area contributed by atoms with E-state index in [4.69, 9.17) is 4.74 Å². The number of rotatable bonds is 5. The van der Waals surface area contributed by atoms with Crippen molar-refractivity contribution in [2.45, 2.75) is 53.1 Å². The molecule has 0 aliphatic heterocycles. The first-order valence-electron chi connectivity index (χ1n) is 6.64. The fraction of sp³-hybridized carbons (Fsp3) is 0.562. The van der Waals surface area contributed by atoms with Crippen LogP contribution in [0.15, 0.2) is 30.3 Å². The van der Waals surface area contributed by atoms with Gasteiger partial charge in [-0.1, -0.05) is 44.2 Å². The van der Waals surface area contributed by atoms with Gasteiger partial charge in [-0.15, -0.1) is 0 Å². The zero-order valence-electron chi connectivity index (χ0n) is 12.1. The van der Waals surface area contributed by atoms with E-state index in [-0.39, 0.29) is 5.97 Å². The van der Waals surface area contributed by atoms with Crippen molar-refractivity contribution in [2.24, 2.45) is 5.41 Å². The molecule has 0 amide bonds. The molecule has 2 heteroatoms. The van der Waals surface area contributed by atoms with Crippen LogP contribution in [-0.4, -0.2) is 5.97 Å². The highest BCUT2D eigenvalue weighted by Gasteiger charge is 2.35. The Labute approximate surface area is 110 Å². The molecule has 0 fully saturated rings. The molecule has 0 aliphatic rings. The van der Waals surface area contributed by atoms with Crippen LogP contribution in [0.3, 0.4) is 0 Å². The van der Waals surface area contributed by atoms with E-state index in [1.807, 2.05) is 65.0 Å². The predicted molar refractivity (Wildman–Crippen MR) is 74.2 cm³/mol. The van der Waals surface area contributed by atoms with E-state index in [0.717, 1.165) is 18.4 Å². The summed E-state index contributed by atoms with van der Waals surface area (Å²) in [6, 6.07) is 9.94. The van der Waals surface area contributed by atoms with Gasteiger partial charge in [-0.25, -0.2) is 0 Å². The van der Waals surface area contributed by atoms with Gasteiger partial charge in [-0.3, -0.25) is 4.79 Å². The molecule has 2 nitrogen and oxygen atoms in total. The Kier molecular flexibility index (Phi) is 4.55. The van der Waals surface area contributed by atoms with Gasteiger partial charge in [0.1, 0.15) is 5.60 Å². The van der Waals surface area contributed by atoms with Gasteiger partial charge in [0.2, 0.25) is 0 Å². The Hall–Kier alpha value is -1.31. The molecule has 0 spiro atoms. The molecule has 0 aromatic heterocycles. The van der Waals surface area contributed by atoms with Gasteiger partial charge in [0.05, 0.1) is 5.41 Å². The number of esters is 1. The van der Waals surface area contributed by atoms with E-state index in [1.54, 1.807) is 0 Å². The predicted octanol–water partition coefficient (Wildman–Crippen LogP) is 4.29. The van der Waals surface area contributed by atoms with Gasteiger partial charge >= 0.3 is 5.97 Å². The number of hydrogen-bond acceptors (Lipinski definition) is 2. The number of carbonyl (C=O) groups is 1. The van der Waals surface area contributed by atoms with Crippen LogP contribution in [0.25, 0.3) is 0 Å². The van der Waals surface area contributed by atoms with E-state index in [1.165, 1.54) is 0 Å². The second kappa shape index (κ2) is 5.55. The van der Waals surface area contributed by atoms with E-state index in [0.29, 0.717) is 0 Å². The normalized spacial score (nSPS) is 14.9. The SMILES string of the molecule is CCC(C)(C)C(=O)OC(C)(CC)c1ccccc1. The van der Waals surface area contributed by atoms with Crippen LogP contribution in [0.5, 0.6) is 0 Å². The van der Waals surface area contributed by atoms with E-state index in [2.05, 4.69) is 0 Å². The van der Waals surface area contributed by atoms with Crippen LogP contribution in [0, 0.1) is 5.41 Å². The summed E-state index contributed by atoms with van der Waals surface area (Å²) in [4.78, 5) is 12.2. The van der Waals surface area contributed by atoms with Crippen LogP contribution in [0.4, 0.5) is 0 Å². The standard InChI is InChI=1S/C16H24O2/c1-6-15(3,4)14(17)18-16(5,7-2)13-11-9-8-10-12-13/h8-12H,6-7H2,1-5H3. The number of hydrogen-bond donors (Lipinski definition) is 0. The first-order valence-corrected chi connectivity index (χ1v) is 6.64. The molecule has 0 saturated carbocycles. The molecule has 0 aliphatic carbocycles. The highest BCUT2D eigenvalue weighted by molar-refractivity contribution is 5.76. The molecule has 0 bridgehead atoms. The van der Waals surface area contributed by atoms with Gasteiger partial charge in [0.15, 0.2) is 0 Å². The summed E-state index contributed by atoms with van der Waals surface area (Å²) in [5, 5.41) is 0. The van der Waals surface area contributed by atoms with Crippen LogP contribution < -0.4 is 0 Å². The minimum absolute atomic E-state index is 0.127. The molecule has 1 aromatic carbocycles. The molecular weight excluding hydrogens is 224 g/mol. The second-order valence-electron chi connectivity index (χ2n) is 5.58. The van der Waals surface area contributed by atoms with Crippen LogP contribution in [0.1, 0.15) is 53.0 Å². The van der Waals surface area contributed by atoms with Crippen molar-refractivity contribution in [3.63, 3.8) is 0 Å². The summed E-state index contributed by atoms with van der Waals surface area (Å²) in [6.45, 7) is 9.88. The highest BCUT2D eigenvalue weighted by Crippen LogP contribution is 2.33. The van der Waals surface area contributed by atoms with E-state index >= 15 is 0 Å². The smallest absolute Gasteiger partial charge is 0.312 e. The molecule has 1 atom stereocenters. The Balaban J connectivity index is 2.95. The van der Waals surface area contributed by atoms with Crippen molar-refractivity contribution in [3.8, 4) is 0 Å². The molecule has 0 saturated heterocycles. The summed E-state index contributed by atoms with van der Waals surface area (Å²) in [5.74, 6) is -0.127. The molecule has 0 radical (unpaired) electrons. The minimum atomic E-state index is -0.537. The van der Waals surface area contributed by atoms with Crippen molar-refractivity contribution in [3.05, 3.63) is 35.9 Å². The lowest BCUT2D eigenvalue weighted by Crippen LogP contribution is -2.35. The second-order valence-corrected chi connectivity index (χ2v) is 5.58. The van der Waals surface area contributed by atoms with Gasteiger partial charge in [-0.2, -0.15) is 0 Å². The first-order chi connectivity index (χ1) is 8.35. The molecule has 100 valence electrons. The minimum Gasteiger partial charge on any atom is -0.454 e. The fourth-order valence-corrected chi connectivity index (χ4v) is 1.61. The Bertz CT molecular complexity index is 395. The lowest BCUT2D eigenvalue weighted by molar-refractivity contribution is -0.170. The highest BCUT2D eigenvalue weighted by atomic mass is 16.6. The third kappa shape index (κ3) is 3.12. The zero-order chi connectivity index (χ0) is 13.8. The van der Waals surface area contributed by atoms with Crippen molar-refractivity contribution in [1.29, 1.82) is 0 Å². The third-order valence-corrected chi connectivity index (χ3v) is 3.81. The largest absolute Gasteiger partial charge is 0.454 e. The van der Waals surface area contributed by atoms with Gasteiger partial charge in [0.25, 0.3) is 0 Å². The monoisotopic (exact) mass is 248 g/mol. The Morgan fingerprint density at radius 2 is 1.61 bits per heavy atom. The summed E-state index contributed by atoms with van der Waals surface area (Å²) in [7, 11) is 0. The third-order valence-electron chi connectivity index (χ3n) is 3.81. The van der Waals surface area contributed by atoms with Gasteiger partial charge in [-0.05, 0) is 39.2 Å². The molecule has 1 aromatic rings. The molecule has 0 heterocycles. The van der Waals surface area contributed by atoms with Crippen LogP contribution >= 0.6 is 0 Å². The maximum absolute atomic E-state index is 12.2. The lowest BCUT2D eigenvalue weighted by Gasteiger charge is -2.33. The molecule has 18 heavy (non-hydrogen) atoms. The molecule has 1 rings (SSSR count). The van der Waals surface area contributed by atoms with Crippen molar-refractivity contribution < 1.29 is 9.53 Å². The molecule has 1 unspecified atom stereocenters. The summed E-state index contributed by atoms with van der Waals surface area (Å²) in [6.07, 6.45) is 1.54. The summed E-state index contributed by atoms with van der Waals surface area (Å²) >= 11 is 0. The van der Waals surface area contributed by atoms with Gasteiger partial charge in [0, 0.05) is 0 Å². The maximum Gasteiger partial charge on any atom is 0.312 e. The quantitative estimate of drug-likeness (QED) is 0.726. The lowest BCUT2D eigenvalue weighted by atomic mass is 9.88. The summed E-state index contributed by atoms with van der Waals surface area (Å²) in [5.41, 5.74) is 0.0865. The fourth-order valence-electron chi connectivity index (χ4n) is 1.61. The van der Waals surface area contributed by atoms with Crippen LogP contribution in [0.2, 0.25) is 0 Å². The van der Waals surface area contributed by atoms with Crippen molar-refractivity contribution in [1.82, 2.24) is 0 Å². The summed E-state index contributed by atoms with van der Waals surface area (Å²) < 4.78 is 5.79. The average Bonchev–Trinajstić information content (AvgIpc) is 2.39. The van der Waals surface area contributed by atoms with Crippen molar-refractivity contribution in [2.75, 3.05) is 0 Å². The van der Waals surface area contributed by atoms with E-state index < -0.39 is 11.0 Å². The Morgan fingerprint density at radius 1 is 1.06 bits per heavy atom. The average molecular weight is 248 g/mol.